The van der Waals surface area contributed by atoms with Crippen LogP contribution in [0.5, 0.6) is 0 Å². The third-order valence-corrected chi connectivity index (χ3v) is 4.80. The smallest absolute Gasteiger partial charge is 0.0746 e. The Balaban J connectivity index is 1.90. The summed E-state index contributed by atoms with van der Waals surface area (Å²) < 4.78 is 0. The van der Waals surface area contributed by atoms with E-state index in [1.54, 1.807) is 0 Å². The highest BCUT2D eigenvalue weighted by Crippen LogP contribution is 2.39. The summed E-state index contributed by atoms with van der Waals surface area (Å²) >= 11 is 0. The number of piperazine rings is 1. The maximum Gasteiger partial charge on any atom is 0.0746 e. The fourth-order valence-corrected chi connectivity index (χ4v) is 3.31. The van der Waals surface area contributed by atoms with Crippen LogP contribution in [-0.2, 0) is 0 Å². The normalized spacial score (nSPS) is 35.6. The van der Waals surface area contributed by atoms with Gasteiger partial charge in [0.2, 0.25) is 0 Å². The lowest BCUT2D eigenvalue weighted by atomic mass is 9.88. The fourth-order valence-electron chi connectivity index (χ4n) is 3.31. The summed E-state index contributed by atoms with van der Waals surface area (Å²) in [5, 5.41) is 10.4. The van der Waals surface area contributed by atoms with Crippen molar-refractivity contribution in [2.75, 3.05) is 26.2 Å². The first-order chi connectivity index (χ1) is 7.92. The Morgan fingerprint density at radius 3 is 2.12 bits per heavy atom. The predicted octanol–water partition coefficient (Wildman–Crippen LogP) is 1.56. The minimum Gasteiger partial charge on any atom is -0.391 e. The number of rotatable bonds is 2. The van der Waals surface area contributed by atoms with E-state index in [9.17, 15) is 5.11 Å². The SMILES string of the molecule is CC(C)N1CCN(C2CCC(C)(C)C2O)CC1. The van der Waals surface area contributed by atoms with Crippen LogP contribution in [0.4, 0.5) is 0 Å². The van der Waals surface area contributed by atoms with E-state index in [1.807, 2.05) is 0 Å². The Morgan fingerprint density at radius 1 is 1.12 bits per heavy atom. The van der Waals surface area contributed by atoms with Gasteiger partial charge in [-0.3, -0.25) is 9.80 Å². The molecule has 100 valence electrons. The maximum absolute atomic E-state index is 10.4. The third kappa shape index (κ3) is 2.67. The van der Waals surface area contributed by atoms with Crippen molar-refractivity contribution in [1.82, 2.24) is 9.80 Å². The van der Waals surface area contributed by atoms with Crippen LogP contribution in [0.25, 0.3) is 0 Å². The summed E-state index contributed by atoms with van der Waals surface area (Å²) in [6.45, 7) is 13.5. The van der Waals surface area contributed by atoms with E-state index in [1.165, 1.54) is 0 Å². The van der Waals surface area contributed by atoms with Crippen molar-refractivity contribution in [1.29, 1.82) is 0 Å². The van der Waals surface area contributed by atoms with Crippen LogP contribution < -0.4 is 0 Å². The van der Waals surface area contributed by atoms with E-state index in [-0.39, 0.29) is 11.5 Å². The molecule has 0 spiro atoms. The lowest BCUT2D eigenvalue weighted by Crippen LogP contribution is -2.54. The van der Waals surface area contributed by atoms with Gasteiger partial charge in [-0.15, -0.1) is 0 Å². The van der Waals surface area contributed by atoms with E-state index >= 15 is 0 Å². The number of hydrogen-bond donors (Lipinski definition) is 1. The molecule has 3 nitrogen and oxygen atoms in total. The molecule has 2 unspecified atom stereocenters. The maximum atomic E-state index is 10.4. The zero-order chi connectivity index (χ0) is 12.6. The molecule has 1 saturated heterocycles. The molecule has 0 aromatic rings. The van der Waals surface area contributed by atoms with Gasteiger partial charge in [0.1, 0.15) is 0 Å². The largest absolute Gasteiger partial charge is 0.391 e. The van der Waals surface area contributed by atoms with Gasteiger partial charge in [-0.25, -0.2) is 0 Å². The molecule has 1 saturated carbocycles. The minimum atomic E-state index is -0.145. The average molecular weight is 240 g/mol. The van der Waals surface area contributed by atoms with Crippen LogP contribution in [0.15, 0.2) is 0 Å². The van der Waals surface area contributed by atoms with Gasteiger partial charge in [-0.05, 0) is 32.1 Å². The second-order valence-electron chi connectivity index (χ2n) is 6.71. The predicted molar refractivity (Wildman–Crippen MR) is 71.1 cm³/mol. The van der Waals surface area contributed by atoms with E-state index < -0.39 is 0 Å². The van der Waals surface area contributed by atoms with E-state index in [2.05, 4.69) is 37.5 Å². The Bertz CT molecular complexity index is 257. The molecule has 1 N–H and O–H groups in total. The van der Waals surface area contributed by atoms with Crippen LogP contribution in [0, 0.1) is 5.41 Å². The van der Waals surface area contributed by atoms with Crippen LogP contribution in [-0.4, -0.2) is 59.3 Å². The zero-order valence-electron chi connectivity index (χ0n) is 11.8. The monoisotopic (exact) mass is 240 g/mol. The van der Waals surface area contributed by atoms with Crippen molar-refractivity contribution in [3.8, 4) is 0 Å². The van der Waals surface area contributed by atoms with E-state index in [4.69, 9.17) is 0 Å². The van der Waals surface area contributed by atoms with Crippen molar-refractivity contribution >= 4 is 0 Å². The molecule has 0 amide bonds. The lowest BCUT2D eigenvalue weighted by molar-refractivity contribution is -0.00688. The highest BCUT2D eigenvalue weighted by molar-refractivity contribution is 4.97. The van der Waals surface area contributed by atoms with E-state index in [0.717, 1.165) is 39.0 Å². The summed E-state index contributed by atoms with van der Waals surface area (Å²) in [5.74, 6) is 0. The fraction of sp³-hybridized carbons (Fsp3) is 1.00. The molecule has 1 aliphatic carbocycles. The summed E-state index contributed by atoms with van der Waals surface area (Å²) in [7, 11) is 0. The molecule has 1 aliphatic heterocycles. The Kier molecular flexibility index (Phi) is 3.81. The van der Waals surface area contributed by atoms with Crippen LogP contribution >= 0.6 is 0 Å². The van der Waals surface area contributed by atoms with Crippen molar-refractivity contribution in [3.63, 3.8) is 0 Å². The molecule has 17 heavy (non-hydrogen) atoms. The summed E-state index contributed by atoms with van der Waals surface area (Å²) in [4.78, 5) is 5.04. The quantitative estimate of drug-likeness (QED) is 0.793. The van der Waals surface area contributed by atoms with Gasteiger partial charge in [-0.2, -0.15) is 0 Å². The van der Waals surface area contributed by atoms with Gasteiger partial charge in [0.15, 0.2) is 0 Å². The molecule has 0 aromatic carbocycles. The highest BCUT2D eigenvalue weighted by Gasteiger charge is 2.43. The zero-order valence-corrected chi connectivity index (χ0v) is 11.8. The number of aliphatic hydroxyl groups is 1. The second-order valence-corrected chi connectivity index (χ2v) is 6.71. The van der Waals surface area contributed by atoms with Crippen LogP contribution in [0.2, 0.25) is 0 Å². The van der Waals surface area contributed by atoms with Gasteiger partial charge in [0, 0.05) is 38.3 Å². The van der Waals surface area contributed by atoms with Gasteiger partial charge in [-0.1, -0.05) is 13.8 Å². The second kappa shape index (κ2) is 4.87. The summed E-state index contributed by atoms with van der Waals surface area (Å²) in [6, 6.07) is 1.06. The number of hydrogen-bond acceptors (Lipinski definition) is 3. The van der Waals surface area contributed by atoms with Gasteiger partial charge >= 0.3 is 0 Å². The molecule has 2 aliphatic rings. The van der Waals surface area contributed by atoms with Crippen molar-refractivity contribution in [3.05, 3.63) is 0 Å². The number of nitrogens with zero attached hydrogens (tertiary/aromatic N) is 2. The molecular weight excluding hydrogens is 212 g/mol. The van der Waals surface area contributed by atoms with E-state index in [0.29, 0.717) is 12.1 Å². The van der Waals surface area contributed by atoms with Crippen molar-refractivity contribution in [2.24, 2.45) is 5.41 Å². The molecular formula is C14H28N2O. The first-order valence-corrected chi connectivity index (χ1v) is 7.08. The molecule has 2 atom stereocenters. The lowest BCUT2D eigenvalue weighted by Gasteiger charge is -2.41. The molecule has 0 radical (unpaired) electrons. The third-order valence-electron chi connectivity index (χ3n) is 4.80. The molecule has 3 heteroatoms. The van der Waals surface area contributed by atoms with Gasteiger partial charge in [0.05, 0.1) is 6.10 Å². The standard InChI is InChI=1S/C14H28N2O/c1-11(2)15-7-9-16(10-8-15)12-5-6-14(3,4)13(12)17/h11-13,17H,5-10H2,1-4H3. The molecule has 0 aromatic heterocycles. The Hall–Kier alpha value is -0.120. The van der Waals surface area contributed by atoms with Crippen LogP contribution in [0.1, 0.15) is 40.5 Å². The van der Waals surface area contributed by atoms with Gasteiger partial charge < -0.3 is 5.11 Å². The molecule has 1 heterocycles. The Labute approximate surface area is 106 Å². The number of aliphatic hydroxyl groups excluding tert-OH is 1. The van der Waals surface area contributed by atoms with Crippen molar-refractivity contribution in [2.45, 2.75) is 58.7 Å². The van der Waals surface area contributed by atoms with Crippen LogP contribution in [0.3, 0.4) is 0 Å². The van der Waals surface area contributed by atoms with Crippen molar-refractivity contribution < 1.29 is 5.11 Å². The first kappa shape index (κ1) is 13.3. The molecule has 2 fully saturated rings. The first-order valence-electron chi connectivity index (χ1n) is 7.08. The average Bonchev–Trinajstić information content (AvgIpc) is 2.55. The Morgan fingerprint density at radius 2 is 1.71 bits per heavy atom. The van der Waals surface area contributed by atoms with Gasteiger partial charge in [0.25, 0.3) is 0 Å². The summed E-state index contributed by atoms with van der Waals surface area (Å²) in [5.41, 5.74) is 0.111. The molecule has 0 bridgehead atoms. The topological polar surface area (TPSA) is 26.7 Å². The summed E-state index contributed by atoms with van der Waals surface area (Å²) in [6.07, 6.45) is 2.17. The highest BCUT2D eigenvalue weighted by atomic mass is 16.3. The minimum absolute atomic E-state index is 0.111. The molecule has 2 rings (SSSR count).